The molecule has 3 saturated heterocycles. The van der Waals surface area contributed by atoms with Crippen molar-refractivity contribution < 1.29 is 105 Å². The minimum atomic E-state index is -2.11. The molecule has 0 amide bonds. The predicted molar refractivity (Wildman–Crippen MR) is 135 cm³/mol. The fraction of sp³-hybridized carbons (Fsp3) is 0.958. The summed E-state index contributed by atoms with van der Waals surface area (Å²) in [7, 11) is 0. The van der Waals surface area contributed by atoms with Crippen molar-refractivity contribution >= 4 is 6.29 Å². The molecule has 3 aliphatic heterocycles. The first kappa shape index (κ1) is 38.3. The van der Waals surface area contributed by atoms with E-state index in [0.29, 0.717) is 0 Å². The molecule has 264 valence electrons. The van der Waals surface area contributed by atoms with Crippen LogP contribution in [-0.2, 0) is 33.2 Å². The SMILES string of the molecule is O=C[C@H](O)[C@@H](O[C@@H]1O[C@H](CO)[C@@H](O[C@@H]2O[C@H](CO)[C@@H](O[C@@H]3O[C@H](CO)[C@@H](O)[C@H](O)[C@H]3O)[C@H](O)[C@H]2O)[C@H](O)[C@H]1O)[C@H](O)[C@H](O)CO. The van der Waals surface area contributed by atoms with Gasteiger partial charge in [0.25, 0.3) is 0 Å². The minimum Gasteiger partial charge on any atom is -0.394 e. The van der Waals surface area contributed by atoms with E-state index in [0.717, 1.165) is 0 Å². The van der Waals surface area contributed by atoms with E-state index < -0.39 is 143 Å². The first-order valence-corrected chi connectivity index (χ1v) is 13.9. The Morgan fingerprint density at radius 2 is 1.00 bits per heavy atom. The van der Waals surface area contributed by atoms with E-state index in [1.807, 2.05) is 0 Å². The minimum absolute atomic E-state index is 0.0850. The van der Waals surface area contributed by atoms with Crippen LogP contribution in [0.5, 0.6) is 0 Å². The number of aliphatic hydroxyl groups excluding tert-OH is 14. The fourth-order valence-corrected chi connectivity index (χ4v) is 5.08. The van der Waals surface area contributed by atoms with Crippen LogP contribution in [0.4, 0.5) is 0 Å². The van der Waals surface area contributed by atoms with E-state index in [9.17, 15) is 71.2 Å². The zero-order chi connectivity index (χ0) is 33.7. The van der Waals surface area contributed by atoms with Crippen LogP contribution in [0.3, 0.4) is 0 Å². The normalized spacial score (nSPS) is 45.4. The average Bonchev–Trinajstić information content (AvgIpc) is 3.04. The average molecular weight is 667 g/mol. The number of ether oxygens (including phenoxy) is 6. The summed E-state index contributed by atoms with van der Waals surface area (Å²) in [6.07, 6.45) is -35.6. The summed E-state index contributed by atoms with van der Waals surface area (Å²) in [6, 6.07) is 0. The zero-order valence-corrected chi connectivity index (χ0v) is 23.5. The smallest absolute Gasteiger partial charge is 0.187 e. The van der Waals surface area contributed by atoms with Crippen molar-refractivity contribution in [2.45, 2.75) is 117 Å². The summed E-state index contributed by atoms with van der Waals surface area (Å²) in [5.74, 6) is 0. The molecule has 3 fully saturated rings. The maximum Gasteiger partial charge on any atom is 0.187 e. The monoisotopic (exact) mass is 666 g/mol. The second-order valence-electron chi connectivity index (χ2n) is 10.8. The molecule has 0 aliphatic carbocycles. The van der Waals surface area contributed by atoms with E-state index in [1.165, 1.54) is 0 Å². The van der Waals surface area contributed by atoms with Crippen LogP contribution in [0.1, 0.15) is 0 Å². The van der Waals surface area contributed by atoms with Crippen molar-refractivity contribution in [3.05, 3.63) is 0 Å². The van der Waals surface area contributed by atoms with Crippen molar-refractivity contribution in [1.82, 2.24) is 0 Å². The third-order valence-corrected chi connectivity index (χ3v) is 7.76. The molecule has 0 unspecified atom stereocenters. The molecule has 21 nitrogen and oxygen atoms in total. The van der Waals surface area contributed by atoms with E-state index >= 15 is 0 Å². The van der Waals surface area contributed by atoms with Crippen LogP contribution < -0.4 is 0 Å². The van der Waals surface area contributed by atoms with Gasteiger partial charge in [0, 0.05) is 0 Å². The highest BCUT2D eigenvalue weighted by atomic mass is 16.8. The second-order valence-corrected chi connectivity index (χ2v) is 10.8. The number of carbonyl (C=O) groups excluding carboxylic acids is 1. The molecule has 0 spiro atoms. The zero-order valence-electron chi connectivity index (χ0n) is 23.5. The Morgan fingerprint density at radius 1 is 0.578 bits per heavy atom. The van der Waals surface area contributed by atoms with E-state index in [-0.39, 0.29) is 6.29 Å². The number of hydrogen-bond acceptors (Lipinski definition) is 21. The van der Waals surface area contributed by atoms with Gasteiger partial charge >= 0.3 is 0 Å². The van der Waals surface area contributed by atoms with Gasteiger partial charge in [-0.3, -0.25) is 0 Å². The summed E-state index contributed by atoms with van der Waals surface area (Å²) >= 11 is 0. The van der Waals surface area contributed by atoms with E-state index in [2.05, 4.69) is 0 Å². The Kier molecular flexibility index (Phi) is 14.3. The predicted octanol–water partition coefficient (Wildman–Crippen LogP) is -9.91. The van der Waals surface area contributed by atoms with Crippen LogP contribution in [0.25, 0.3) is 0 Å². The van der Waals surface area contributed by atoms with Crippen LogP contribution in [0.2, 0.25) is 0 Å². The lowest BCUT2D eigenvalue weighted by Crippen LogP contribution is -2.67. The molecule has 0 bridgehead atoms. The maximum atomic E-state index is 11.1. The Bertz CT molecular complexity index is 895. The van der Waals surface area contributed by atoms with Gasteiger partial charge in [0.2, 0.25) is 0 Å². The highest BCUT2D eigenvalue weighted by molar-refractivity contribution is 5.56. The second kappa shape index (κ2) is 16.8. The van der Waals surface area contributed by atoms with E-state index in [1.54, 1.807) is 0 Å². The molecule has 3 heterocycles. The molecule has 0 aromatic heterocycles. The molecular formula is C24H42O21. The van der Waals surface area contributed by atoms with Gasteiger partial charge in [-0.2, -0.15) is 0 Å². The summed E-state index contributed by atoms with van der Waals surface area (Å²) in [5.41, 5.74) is 0. The van der Waals surface area contributed by atoms with Gasteiger partial charge in [0.05, 0.1) is 26.4 Å². The van der Waals surface area contributed by atoms with Crippen LogP contribution >= 0.6 is 0 Å². The van der Waals surface area contributed by atoms with Crippen LogP contribution in [0.15, 0.2) is 0 Å². The first-order chi connectivity index (χ1) is 21.2. The lowest BCUT2D eigenvalue weighted by Gasteiger charge is -2.48. The van der Waals surface area contributed by atoms with Crippen LogP contribution in [-0.4, -0.2) is 221 Å². The van der Waals surface area contributed by atoms with Crippen molar-refractivity contribution in [2.24, 2.45) is 0 Å². The summed E-state index contributed by atoms with van der Waals surface area (Å²) in [5, 5.41) is 141. The van der Waals surface area contributed by atoms with Crippen molar-refractivity contribution in [3.8, 4) is 0 Å². The highest BCUT2D eigenvalue weighted by Gasteiger charge is 2.54. The molecule has 0 saturated carbocycles. The Balaban J connectivity index is 1.72. The van der Waals surface area contributed by atoms with Gasteiger partial charge in [-0.05, 0) is 0 Å². The molecule has 45 heavy (non-hydrogen) atoms. The lowest BCUT2D eigenvalue weighted by atomic mass is 9.96. The number of aldehydes is 1. The van der Waals surface area contributed by atoms with Crippen molar-refractivity contribution in [2.75, 3.05) is 26.4 Å². The third kappa shape index (κ3) is 8.30. The third-order valence-electron chi connectivity index (χ3n) is 7.76. The van der Waals surface area contributed by atoms with E-state index in [4.69, 9.17) is 33.5 Å². The van der Waals surface area contributed by atoms with Gasteiger partial charge in [-0.1, -0.05) is 0 Å². The molecule has 14 N–H and O–H groups in total. The number of hydrogen-bond donors (Lipinski definition) is 14. The molecule has 19 atom stereocenters. The van der Waals surface area contributed by atoms with Crippen molar-refractivity contribution in [3.63, 3.8) is 0 Å². The first-order valence-electron chi connectivity index (χ1n) is 13.9. The number of rotatable bonds is 14. The summed E-state index contributed by atoms with van der Waals surface area (Å²) in [4.78, 5) is 11.1. The number of carbonyl (C=O) groups is 1. The fourth-order valence-electron chi connectivity index (χ4n) is 5.08. The maximum absolute atomic E-state index is 11.1. The standard InChI is InChI=1S/C24H42O21/c25-1-6(30)11(32)19(7(31)2-26)43-23-17(38)14(35)21(9(4-28)41-23)45-24-18(39)15(36)20(10(5-29)42-24)44-22-16(37)13(34)12(33)8(3-27)40-22/h2,6-25,27-39H,1,3-5H2/t6-,7+,8-,9-,10-,11-,12-,13+,14-,15-,16-,17-,18-,19-,20-,21-,22+,23+,24+/m1/s1. The Hall–Kier alpha value is -1.13. The van der Waals surface area contributed by atoms with Gasteiger partial charge in [-0.25, -0.2) is 0 Å². The van der Waals surface area contributed by atoms with Gasteiger partial charge in [0.1, 0.15) is 97.7 Å². The summed E-state index contributed by atoms with van der Waals surface area (Å²) < 4.78 is 32.3. The summed E-state index contributed by atoms with van der Waals surface area (Å²) in [6.45, 7) is -3.69. The molecule has 0 aromatic carbocycles. The van der Waals surface area contributed by atoms with Crippen molar-refractivity contribution in [1.29, 1.82) is 0 Å². The molecule has 21 heteroatoms. The highest BCUT2D eigenvalue weighted by Crippen LogP contribution is 2.33. The topological polar surface area (TPSA) is 356 Å². The largest absolute Gasteiger partial charge is 0.394 e. The molecular weight excluding hydrogens is 624 g/mol. The number of aliphatic hydroxyl groups is 14. The van der Waals surface area contributed by atoms with Crippen LogP contribution in [0, 0.1) is 0 Å². The molecule has 0 aromatic rings. The molecule has 3 aliphatic rings. The Morgan fingerprint density at radius 3 is 1.44 bits per heavy atom. The quantitative estimate of drug-likeness (QED) is 0.0765. The molecule has 3 rings (SSSR count). The van der Waals surface area contributed by atoms with Gasteiger partial charge < -0.3 is 105 Å². The molecule has 0 radical (unpaired) electrons. The Labute approximate surface area is 254 Å². The lowest BCUT2D eigenvalue weighted by molar-refractivity contribution is -0.382. The van der Waals surface area contributed by atoms with Gasteiger partial charge in [-0.15, -0.1) is 0 Å². The van der Waals surface area contributed by atoms with Gasteiger partial charge in [0.15, 0.2) is 25.2 Å².